The molecule has 6 nitrogen and oxygen atoms in total. The standard InChI is InChI=1S/C13H16BClINO5/c1-13(2,3)20-12(18)17-6-9-10-7(15)4-5-8(22-16)11(10)14(19)21-9/h4-5,9,19H,6H2,1-3H3,(H,17,18). The topological polar surface area (TPSA) is 77.0 Å². The van der Waals surface area contributed by atoms with Crippen LogP contribution < -0.4 is 13.8 Å². The quantitative estimate of drug-likeness (QED) is 0.559. The maximum absolute atomic E-state index is 11.7. The maximum Gasteiger partial charge on any atom is 0.495 e. The molecule has 0 bridgehead atoms. The molecule has 0 radical (unpaired) electrons. The van der Waals surface area contributed by atoms with Crippen molar-refractivity contribution in [1.82, 2.24) is 5.32 Å². The van der Waals surface area contributed by atoms with Gasteiger partial charge in [-0.15, -0.1) is 0 Å². The first kappa shape index (κ1) is 17.6. The second-order valence-electron chi connectivity index (χ2n) is 5.81. The number of fused-ring (bicyclic) bond motifs is 1. The van der Waals surface area contributed by atoms with Crippen molar-refractivity contribution in [2.24, 2.45) is 0 Å². The summed E-state index contributed by atoms with van der Waals surface area (Å²) in [6.07, 6.45) is -1.13. The number of ether oxygens (including phenoxy) is 1. The highest BCUT2D eigenvalue weighted by Crippen LogP contribution is 2.33. The number of amides is 1. The van der Waals surface area contributed by atoms with Gasteiger partial charge in [0.1, 0.15) is 11.4 Å². The van der Waals surface area contributed by atoms with Crippen LogP contribution in [0.5, 0.6) is 5.75 Å². The molecule has 1 amide bonds. The summed E-state index contributed by atoms with van der Waals surface area (Å²) < 4.78 is 15.8. The van der Waals surface area contributed by atoms with Crippen molar-refractivity contribution in [3.05, 3.63) is 22.7 Å². The predicted octanol–water partition coefficient (Wildman–Crippen LogP) is 2.35. The first-order valence-electron chi connectivity index (χ1n) is 6.64. The van der Waals surface area contributed by atoms with Gasteiger partial charge in [-0.3, -0.25) is 0 Å². The molecule has 1 heterocycles. The van der Waals surface area contributed by atoms with Gasteiger partial charge in [0, 0.05) is 22.6 Å². The number of alkyl carbamates (subject to hydrolysis) is 1. The summed E-state index contributed by atoms with van der Waals surface area (Å²) in [4.78, 5) is 11.7. The normalized spacial score (nSPS) is 17.2. The van der Waals surface area contributed by atoms with Gasteiger partial charge in [-0.1, -0.05) is 11.6 Å². The third-order valence-corrected chi connectivity index (χ3v) is 3.77. The van der Waals surface area contributed by atoms with E-state index in [-0.39, 0.29) is 6.54 Å². The van der Waals surface area contributed by atoms with Crippen molar-refractivity contribution >= 4 is 53.3 Å². The summed E-state index contributed by atoms with van der Waals surface area (Å²) in [5, 5.41) is 13.1. The monoisotopic (exact) mass is 439 g/mol. The van der Waals surface area contributed by atoms with E-state index in [1.165, 1.54) is 0 Å². The van der Waals surface area contributed by atoms with Gasteiger partial charge in [-0.2, -0.15) is 0 Å². The largest absolute Gasteiger partial charge is 0.495 e. The van der Waals surface area contributed by atoms with E-state index >= 15 is 0 Å². The van der Waals surface area contributed by atoms with E-state index in [1.807, 2.05) is 0 Å². The molecule has 0 saturated carbocycles. The number of hydrogen-bond donors (Lipinski definition) is 2. The van der Waals surface area contributed by atoms with Crippen LogP contribution in [0.25, 0.3) is 0 Å². The summed E-state index contributed by atoms with van der Waals surface area (Å²) in [5.41, 5.74) is 0.509. The van der Waals surface area contributed by atoms with Crippen LogP contribution in [-0.4, -0.2) is 30.4 Å². The molecule has 0 spiro atoms. The van der Waals surface area contributed by atoms with Crippen molar-refractivity contribution < 1.29 is 22.3 Å². The molecule has 1 aliphatic heterocycles. The Kier molecular flexibility index (Phi) is 5.47. The molecule has 9 heteroatoms. The molecule has 2 N–H and O–H groups in total. The van der Waals surface area contributed by atoms with Gasteiger partial charge in [0.05, 0.1) is 6.10 Å². The maximum atomic E-state index is 11.7. The molecule has 0 fully saturated rings. The van der Waals surface area contributed by atoms with Crippen molar-refractivity contribution in [2.75, 3.05) is 6.54 Å². The van der Waals surface area contributed by atoms with Gasteiger partial charge in [-0.05, 0) is 32.9 Å². The SMILES string of the molecule is CC(C)(C)OC(=O)NCC1OB(O)c2c(OI)ccc(Cl)c21. The molecule has 1 aliphatic rings. The second-order valence-corrected chi connectivity index (χ2v) is 6.66. The van der Waals surface area contributed by atoms with E-state index in [1.54, 1.807) is 55.9 Å². The number of halogens is 2. The Balaban J connectivity index is 2.12. The van der Waals surface area contributed by atoms with Crippen LogP contribution in [0, 0.1) is 0 Å². The molecule has 1 aromatic carbocycles. The Hall–Kier alpha value is -0.705. The van der Waals surface area contributed by atoms with E-state index in [4.69, 9.17) is 24.1 Å². The lowest BCUT2D eigenvalue weighted by Gasteiger charge is -2.21. The summed E-state index contributed by atoms with van der Waals surface area (Å²) in [6, 6.07) is 3.32. The minimum Gasteiger partial charge on any atom is -0.444 e. The van der Waals surface area contributed by atoms with Gasteiger partial charge in [0.2, 0.25) is 0 Å². The Labute approximate surface area is 148 Å². The van der Waals surface area contributed by atoms with Crippen LogP contribution in [0.1, 0.15) is 32.4 Å². The zero-order chi connectivity index (χ0) is 16.5. The van der Waals surface area contributed by atoms with Gasteiger partial charge >= 0.3 is 13.2 Å². The van der Waals surface area contributed by atoms with Crippen LogP contribution in [0.2, 0.25) is 5.02 Å². The molecule has 1 unspecified atom stereocenters. The first-order chi connectivity index (χ1) is 10.2. The highest BCUT2D eigenvalue weighted by molar-refractivity contribution is 14.1. The third-order valence-electron chi connectivity index (χ3n) is 2.97. The van der Waals surface area contributed by atoms with Gasteiger partial charge in [0.25, 0.3) is 0 Å². The van der Waals surface area contributed by atoms with Crippen LogP contribution in [0.4, 0.5) is 4.79 Å². The number of hydrogen-bond acceptors (Lipinski definition) is 5. The highest BCUT2D eigenvalue weighted by atomic mass is 127. The zero-order valence-corrected chi connectivity index (χ0v) is 15.3. The molecular weight excluding hydrogens is 423 g/mol. The van der Waals surface area contributed by atoms with Crippen LogP contribution in [-0.2, 0) is 9.39 Å². The third kappa shape index (κ3) is 3.98. The smallest absolute Gasteiger partial charge is 0.444 e. The Morgan fingerprint density at radius 1 is 1.55 bits per heavy atom. The van der Waals surface area contributed by atoms with E-state index in [2.05, 4.69) is 5.32 Å². The predicted molar refractivity (Wildman–Crippen MR) is 91.8 cm³/mol. The molecule has 0 saturated heterocycles. The van der Waals surface area contributed by atoms with Gasteiger partial charge in [0.15, 0.2) is 23.0 Å². The van der Waals surface area contributed by atoms with Crippen LogP contribution in [0.3, 0.4) is 0 Å². The minimum absolute atomic E-state index is 0.128. The number of benzene rings is 1. The fourth-order valence-electron chi connectivity index (χ4n) is 2.17. The average molecular weight is 439 g/mol. The van der Waals surface area contributed by atoms with Crippen LogP contribution in [0.15, 0.2) is 12.1 Å². The Morgan fingerprint density at radius 3 is 2.82 bits per heavy atom. The van der Waals surface area contributed by atoms with E-state index in [9.17, 15) is 9.82 Å². The molecule has 0 aliphatic carbocycles. The van der Waals surface area contributed by atoms with Crippen molar-refractivity contribution in [3.8, 4) is 5.75 Å². The number of carbonyl (C=O) groups excluding carboxylic acids is 1. The molecule has 1 aromatic rings. The molecule has 0 aromatic heterocycles. The van der Waals surface area contributed by atoms with Gasteiger partial charge < -0.3 is 22.8 Å². The summed E-state index contributed by atoms with van der Waals surface area (Å²) in [7, 11) is -1.15. The van der Waals surface area contributed by atoms with E-state index < -0.39 is 24.9 Å². The molecule has 1 atom stereocenters. The fraction of sp³-hybridized carbons (Fsp3) is 0.462. The zero-order valence-electron chi connectivity index (χ0n) is 12.4. The average Bonchev–Trinajstić information content (AvgIpc) is 2.74. The Bertz CT molecular complexity index is 580. The van der Waals surface area contributed by atoms with E-state index in [0.29, 0.717) is 21.8 Å². The number of rotatable bonds is 3. The second kappa shape index (κ2) is 6.82. The molecular formula is C13H16BClINO5. The van der Waals surface area contributed by atoms with Crippen LogP contribution >= 0.6 is 34.6 Å². The highest BCUT2D eigenvalue weighted by Gasteiger charge is 2.40. The molecule has 2 rings (SSSR count). The minimum atomic E-state index is -1.15. The van der Waals surface area contributed by atoms with Gasteiger partial charge in [-0.25, -0.2) is 4.79 Å². The lowest BCUT2D eigenvalue weighted by atomic mass is 9.78. The molecule has 22 heavy (non-hydrogen) atoms. The summed E-state index contributed by atoms with van der Waals surface area (Å²) >= 11 is 7.91. The number of nitrogens with one attached hydrogen (secondary N) is 1. The molecule has 120 valence electrons. The lowest BCUT2D eigenvalue weighted by Crippen LogP contribution is -2.35. The summed E-state index contributed by atoms with van der Waals surface area (Å²) in [5.74, 6) is 0.479. The van der Waals surface area contributed by atoms with Crippen molar-refractivity contribution in [2.45, 2.75) is 32.5 Å². The lowest BCUT2D eigenvalue weighted by molar-refractivity contribution is 0.0498. The van der Waals surface area contributed by atoms with Crippen molar-refractivity contribution in [3.63, 3.8) is 0 Å². The fourth-order valence-corrected chi connectivity index (χ4v) is 2.84. The summed E-state index contributed by atoms with van der Waals surface area (Å²) in [6.45, 7) is 5.46. The number of carbonyl (C=O) groups is 1. The van der Waals surface area contributed by atoms with E-state index in [0.717, 1.165) is 0 Å². The first-order valence-corrected chi connectivity index (χ1v) is 7.90. The van der Waals surface area contributed by atoms with Crippen molar-refractivity contribution in [1.29, 1.82) is 0 Å². The Morgan fingerprint density at radius 2 is 2.23 bits per heavy atom.